The molecule has 0 bridgehead atoms. The van der Waals surface area contributed by atoms with Crippen molar-refractivity contribution in [2.24, 2.45) is 5.92 Å². The summed E-state index contributed by atoms with van der Waals surface area (Å²) in [7, 11) is 4.39. The first-order valence-corrected chi connectivity index (χ1v) is 5.35. The lowest BCUT2D eigenvalue weighted by Crippen LogP contribution is -2.45. The van der Waals surface area contributed by atoms with Crippen molar-refractivity contribution in [3.8, 4) is 0 Å². The SMILES string of the molecule is COC(=N)C1CCC(OC)(C(=O)OC)CC1.Cl. The molecule has 1 saturated carbocycles. The fraction of sp³-hybridized carbons (Fsp3) is 0.818. The summed E-state index contributed by atoms with van der Waals surface area (Å²) in [6.45, 7) is 0. The minimum Gasteiger partial charge on any atom is -0.484 e. The summed E-state index contributed by atoms with van der Waals surface area (Å²) >= 11 is 0. The largest absolute Gasteiger partial charge is 0.484 e. The molecule has 0 unspecified atom stereocenters. The number of nitrogens with one attached hydrogen (secondary N) is 1. The fourth-order valence-corrected chi connectivity index (χ4v) is 2.19. The zero-order valence-electron chi connectivity index (χ0n) is 10.4. The molecule has 1 rings (SSSR count). The number of hydrogen-bond donors (Lipinski definition) is 1. The number of hydrogen-bond acceptors (Lipinski definition) is 5. The zero-order chi connectivity index (χ0) is 12.2. The average Bonchev–Trinajstić information content (AvgIpc) is 2.36. The molecule has 0 aliphatic heterocycles. The van der Waals surface area contributed by atoms with Crippen LogP contribution >= 0.6 is 12.4 Å². The summed E-state index contributed by atoms with van der Waals surface area (Å²) < 4.78 is 15.0. The first kappa shape index (κ1) is 16.2. The standard InChI is InChI=1S/C11H19NO4.ClH/c1-14-9(12)8-4-6-11(16-3,7-5-8)10(13)15-2;/h8,12H,4-7H2,1-3H3;1H. The van der Waals surface area contributed by atoms with Gasteiger partial charge >= 0.3 is 5.97 Å². The van der Waals surface area contributed by atoms with Gasteiger partial charge in [0.2, 0.25) is 0 Å². The van der Waals surface area contributed by atoms with E-state index in [1.54, 1.807) is 0 Å². The van der Waals surface area contributed by atoms with E-state index in [9.17, 15) is 4.79 Å². The minimum atomic E-state index is -0.820. The van der Waals surface area contributed by atoms with Gasteiger partial charge in [-0.25, -0.2) is 4.79 Å². The van der Waals surface area contributed by atoms with Gasteiger partial charge < -0.3 is 14.2 Å². The molecule has 0 radical (unpaired) electrons. The first-order valence-electron chi connectivity index (χ1n) is 5.35. The van der Waals surface area contributed by atoms with Crippen LogP contribution in [-0.4, -0.2) is 38.8 Å². The summed E-state index contributed by atoms with van der Waals surface area (Å²) in [5.74, 6) is 0.0601. The number of rotatable bonds is 3. The van der Waals surface area contributed by atoms with Crippen LogP contribution in [-0.2, 0) is 19.0 Å². The number of ether oxygens (including phenoxy) is 3. The molecule has 0 saturated heterocycles. The van der Waals surface area contributed by atoms with E-state index < -0.39 is 5.60 Å². The topological polar surface area (TPSA) is 68.6 Å². The first-order chi connectivity index (χ1) is 7.59. The van der Waals surface area contributed by atoms with E-state index in [-0.39, 0.29) is 30.2 Å². The summed E-state index contributed by atoms with van der Waals surface area (Å²) in [5.41, 5.74) is -0.820. The second-order valence-electron chi connectivity index (χ2n) is 4.03. The second-order valence-corrected chi connectivity index (χ2v) is 4.03. The molecule has 0 aromatic carbocycles. The lowest BCUT2D eigenvalue weighted by molar-refractivity contribution is -0.170. The Hall–Kier alpha value is -0.810. The van der Waals surface area contributed by atoms with Crippen molar-refractivity contribution in [1.29, 1.82) is 5.41 Å². The quantitative estimate of drug-likeness (QED) is 0.480. The molecule has 6 heteroatoms. The number of methoxy groups -OCH3 is 3. The molecule has 0 aromatic rings. The van der Waals surface area contributed by atoms with E-state index >= 15 is 0 Å². The maximum Gasteiger partial charge on any atom is 0.338 e. The highest BCUT2D eigenvalue weighted by atomic mass is 35.5. The number of carbonyl (C=O) groups is 1. The highest BCUT2D eigenvalue weighted by Crippen LogP contribution is 2.35. The Morgan fingerprint density at radius 3 is 2.06 bits per heavy atom. The third kappa shape index (κ3) is 3.33. The number of carbonyl (C=O) groups excluding carboxylic acids is 1. The van der Waals surface area contributed by atoms with Crippen molar-refractivity contribution < 1.29 is 19.0 Å². The van der Waals surface area contributed by atoms with Crippen molar-refractivity contribution in [3.05, 3.63) is 0 Å². The van der Waals surface area contributed by atoms with Crippen LogP contribution in [0.15, 0.2) is 0 Å². The van der Waals surface area contributed by atoms with Gasteiger partial charge in [-0.1, -0.05) is 0 Å². The van der Waals surface area contributed by atoms with Gasteiger partial charge in [-0.05, 0) is 25.7 Å². The monoisotopic (exact) mass is 265 g/mol. The molecule has 1 N–H and O–H groups in total. The van der Waals surface area contributed by atoms with Crippen LogP contribution in [0.25, 0.3) is 0 Å². The van der Waals surface area contributed by atoms with Gasteiger partial charge in [-0.15, -0.1) is 12.4 Å². The Morgan fingerprint density at radius 1 is 1.18 bits per heavy atom. The molecule has 1 aliphatic carbocycles. The summed E-state index contributed by atoms with van der Waals surface area (Å²) in [6.07, 6.45) is 2.59. The van der Waals surface area contributed by atoms with Crippen molar-refractivity contribution in [2.75, 3.05) is 21.3 Å². The predicted molar refractivity (Wildman–Crippen MR) is 65.7 cm³/mol. The molecule has 0 amide bonds. The average molecular weight is 266 g/mol. The van der Waals surface area contributed by atoms with Gasteiger partial charge in [0.25, 0.3) is 0 Å². The van der Waals surface area contributed by atoms with Crippen LogP contribution in [0.2, 0.25) is 0 Å². The van der Waals surface area contributed by atoms with Gasteiger partial charge in [-0.2, -0.15) is 0 Å². The molecular weight excluding hydrogens is 246 g/mol. The smallest absolute Gasteiger partial charge is 0.338 e. The molecule has 1 fully saturated rings. The Kier molecular flexibility index (Phi) is 6.49. The van der Waals surface area contributed by atoms with E-state index in [0.29, 0.717) is 12.8 Å². The van der Waals surface area contributed by atoms with Gasteiger partial charge in [0.05, 0.1) is 14.2 Å². The molecule has 1 aliphatic rings. The van der Waals surface area contributed by atoms with Crippen LogP contribution in [0.5, 0.6) is 0 Å². The number of halogens is 1. The van der Waals surface area contributed by atoms with Gasteiger partial charge in [-0.3, -0.25) is 5.41 Å². The van der Waals surface area contributed by atoms with Crippen molar-refractivity contribution in [1.82, 2.24) is 0 Å². The summed E-state index contributed by atoms with van der Waals surface area (Å²) in [5, 5.41) is 7.59. The molecule has 0 spiro atoms. The van der Waals surface area contributed by atoms with Crippen LogP contribution in [0.4, 0.5) is 0 Å². The molecular formula is C11H20ClNO4. The van der Waals surface area contributed by atoms with Crippen LogP contribution in [0, 0.1) is 11.3 Å². The Morgan fingerprint density at radius 2 is 1.71 bits per heavy atom. The molecule has 0 aromatic heterocycles. The maximum atomic E-state index is 11.6. The van der Waals surface area contributed by atoms with Gasteiger partial charge in [0, 0.05) is 13.0 Å². The predicted octanol–water partition coefficient (Wildman–Crippen LogP) is 1.78. The third-order valence-corrected chi connectivity index (χ3v) is 3.33. The highest BCUT2D eigenvalue weighted by molar-refractivity contribution is 5.85. The molecule has 0 heterocycles. The zero-order valence-corrected chi connectivity index (χ0v) is 11.3. The second kappa shape index (κ2) is 6.81. The van der Waals surface area contributed by atoms with E-state index in [1.807, 2.05) is 0 Å². The van der Waals surface area contributed by atoms with Crippen LogP contribution < -0.4 is 0 Å². The normalized spacial score (nSPS) is 27.8. The van der Waals surface area contributed by atoms with E-state index in [2.05, 4.69) is 0 Å². The molecule has 5 nitrogen and oxygen atoms in total. The minimum absolute atomic E-state index is 0. The van der Waals surface area contributed by atoms with Gasteiger partial charge in [0.1, 0.15) is 0 Å². The number of esters is 1. The molecule has 0 atom stereocenters. The Bertz CT molecular complexity index is 275. The van der Waals surface area contributed by atoms with Crippen LogP contribution in [0.3, 0.4) is 0 Å². The summed E-state index contributed by atoms with van der Waals surface area (Å²) in [4.78, 5) is 11.6. The lowest BCUT2D eigenvalue weighted by Gasteiger charge is -2.36. The maximum absolute atomic E-state index is 11.6. The van der Waals surface area contributed by atoms with Crippen molar-refractivity contribution in [2.45, 2.75) is 31.3 Å². The molecule has 100 valence electrons. The van der Waals surface area contributed by atoms with E-state index in [4.69, 9.17) is 19.6 Å². The lowest BCUT2D eigenvalue weighted by atomic mass is 9.78. The summed E-state index contributed by atoms with van der Waals surface area (Å²) in [6, 6.07) is 0. The highest BCUT2D eigenvalue weighted by Gasteiger charge is 2.44. The van der Waals surface area contributed by atoms with Crippen molar-refractivity contribution >= 4 is 24.3 Å². The molecule has 17 heavy (non-hydrogen) atoms. The van der Waals surface area contributed by atoms with E-state index in [0.717, 1.165) is 12.8 Å². The fourth-order valence-electron chi connectivity index (χ4n) is 2.19. The Labute approximate surface area is 108 Å². The van der Waals surface area contributed by atoms with Crippen LogP contribution in [0.1, 0.15) is 25.7 Å². The Balaban J connectivity index is 0.00000256. The van der Waals surface area contributed by atoms with Crippen molar-refractivity contribution in [3.63, 3.8) is 0 Å². The third-order valence-electron chi connectivity index (χ3n) is 3.33. The van der Waals surface area contributed by atoms with Gasteiger partial charge in [0.15, 0.2) is 11.5 Å². The van der Waals surface area contributed by atoms with E-state index in [1.165, 1.54) is 21.3 Å².